The number of carboxylic acid groups (broad SMARTS) is 1. The molecule has 0 aromatic heterocycles. The highest BCUT2D eigenvalue weighted by atomic mass is 16.4. The van der Waals surface area contributed by atoms with Crippen molar-refractivity contribution in [3.05, 3.63) is 53.6 Å². The van der Waals surface area contributed by atoms with Crippen LogP contribution in [0.4, 0.5) is 0 Å². The van der Waals surface area contributed by atoms with Crippen molar-refractivity contribution in [2.75, 3.05) is 0 Å². The van der Waals surface area contributed by atoms with Crippen molar-refractivity contribution in [1.29, 1.82) is 0 Å². The molecular weight excluding hydrogens is 216 g/mol. The van der Waals surface area contributed by atoms with Gasteiger partial charge in [-0.25, -0.2) is 4.79 Å². The topological polar surface area (TPSA) is 60.4 Å². The van der Waals surface area contributed by atoms with Gasteiger partial charge >= 0.3 is 5.97 Å². The van der Waals surface area contributed by atoms with Crippen LogP contribution in [0.3, 0.4) is 0 Å². The van der Waals surface area contributed by atoms with Crippen molar-refractivity contribution in [2.45, 2.75) is 6.92 Å². The van der Waals surface area contributed by atoms with Crippen LogP contribution in [0.25, 0.3) is 11.1 Å². The second-order valence-corrected chi connectivity index (χ2v) is 3.86. The van der Waals surface area contributed by atoms with E-state index >= 15 is 0 Å². The molecule has 2 aromatic rings. The van der Waals surface area contributed by atoms with Crippen molar-refractivity contribution in [3.63, 3.8) is 0 Å². The highest BCUT2D eigenvalue weighted by Crippen LogP contribution is 2.26. The number of hydrogen-bond donors (Lipinski definition) is 1. The van der Waals surface area contributed by atoms with Gasteiger partial charge < -0.3 is 10.2 Å². The lowest BCUT2D eigenvalue weighted by Gasteiger charge is -2.11. The summed E-state index contributed by atoms with van der Waals surface area (Å²) in [6, 6.07) is 11.3. The van der Waals surface area contributed by atoms with Gasteiger partial charge in [-0.2, -0.15) is 0 Å². The van der Waals surface area contributed by atoms with Gasteiger partial charge in [0.1, 0.15) is 0 Å². The fourth-order valence-electron chi connectivity index (χ4n) is 1.70. The summed E-state index contributed by atoms with van der Waals surface area (Å²) < 4.78 is 0. The predicted molar refractivity (Wildman–Crippen MR) is 63.0 cm³/mol. The molecule has 0 unspecified atom stereocenters. The minimum absolute atomic E-state index is 0.0482. The summed E-state index contributed by atoms with van der Waals surface area (Å²) in [6.45, 7) is 1.92. The van der Waals surface area contributed by atoms with Gasteiger partial charge in [0.25, 0.3) is 0 Å². The largest absolute Gasteiger partial charge is 0.872 e. The van der Waals surface area contributed by atoms with E-state index in [4.69, 9.17) is 5.11 Å². The maximum atomic E-state index is 11.3. The summed E-state index contributed by atoms with van der Waals surface area (Å²) in [4.78, 5) is 10.7. The van der Waals surface area contributed by atoms with Crippen molar-refractivity contribution in [1.82, 2.24) is 0 Å². The van der Waals surface area contributed by atoms with E-state index in [9.17, 15) is 9.90 Å². The monoisotopic (exact) mass is 227 g/mol. The zero-order valence-electron chi connectivity index (χ0n) is 9.31. The normalized spacial score (nSPS) is 10.2. The van der Waals surface area contributed by atoms with Crippen LogP contribution in [0.1, 0.15) is 15.9 Å². The average molecular weight is 227 g/mol. The summed E-state index contributed by atoms with van der Waals surface area (Å²) in [6.07, 6.45) is 0. The highest BCUT2D eigenvalue weighted by molar-refractivity contribution is 5.88. The molecule has 0 aliphatic heterocycles. The molecule has 0 radical (unpaired) electrons. The Bertz CT molecular complexity index is 556. The Hall–Kier alpha value is -2.29. The molecule has 86 valence electrons. The zero-order valence-corrected chi connectivity index (χ0v) is 9.31. The van der Waals surface area contributed by atoms with E-state index < -0.39 is 5.97 Å². The van der Waals surface area contributed by atoms with Crippen molar-refractivity contribution in [2.24, 2.45) is 0 Å². The van der Waals surface area contributed by atoms with Gasteiger partial charge in [0.05, 0.1) is 5.56 Å². The van der Waals surface area contributed by atoms with Crippen molar-refractivity contribution < 1.29 is 15.0 Å². The Morgan fingerprint density at radius 2 is 1.76 bits per heavy atom. The third kappa shape index (κ3) is 2.28. The van der Waals surface area contributed by atoms with E-state index in [-0.39, 0.29) is 11.3 Å². The van der Waals surface area contributed by atoms with Gasteiger partial charge in [0.2, 0.25) is 0 Å². The number of rotatable bonds is 2. The third-order valence-electron chi connectivity index (χ3n) is 2.65. The molecule has 0 aliphatic carbocycles. The molecule has 0 saturated heterocycles. The van der Waals surface area contributed by atoms with E-state index in [2.05, 4.69) is 0 Å². The number of benzene rings is 2. The van der Waals surface area contributed by atoms with Crippen LogP contribution >= 0.6 is 0 Å². The fraction of sp³-hybridized carbons (Fsp3) is 0.0714. The molecule has 0 fully saturated rings. The smallest absolute Gasteiger partial charge is 0.335 e. The van der Waals surface area contributed by atoms with Gasteiger partial charge in [-0.05, 0) is 35.7 Å². The lowest BCUT2D eigenvalue weighted by molar-refractivity contribution is -0.268. The number of carboxylic acids is 1. The average Bonchev–Trinajstić information content (AvgIpc) is 2.32. The Morgan fingerprint density at radius 3 is 2.35 bits per heavy atom. The predicted octanol–water partition coefficient (Wildman–Crippen LogP) is 2.43. The lowest BCUT2D eigenvalue weighted by Crippen LogP contribution is -1.96. The van der Waals surface area contributed by atoms with E-state index in [1.807, 2.05) is 6.92 Å². The van der Waals surface area contributed by atoms with Gasteiger partial charge in [-0.1, -0.05) is 30.3 Å². The van der Waals surface area contributed by atoms with E-state index in [0.29, 0.717) is 0 Å². The first-order valence-electron chi connectivity index (χ1n) is 5.19. The van der Waals surface area contributed by atoms with Crippen LogP contribution in [0.2, 0.25) is 0 Å². The highest BCUT2D eigenvalue weighted by Gasteiger charge is 2.04. The van der Waals surface area contributed by atoms with Crippen LogP contribution in [0.15, 0.2) is 42.5 Å². The molecule has 3 nitrogen and oxygen atoms in total. The second kappa shape index (κ2) is 4.29. The lowest BCUT2D eigenvalue weighted by atomic mass is 9.99. The molecule has 2 aromatic carbocycles. The van der Waals surface area contributed by atoms with E-state index in [1.165, 1.54) is 18.2 Å². The Kier molecular flexibility index (Phi) is 2.83. The van der Waals surface area contributed by atoms with Gasteiger partial charge in [-0.15, -0.1) is 5.75 Å². The maximum Gasteiger partial charge on any atom is 0.335 e. The molecule has 0 amide bonds. The van der Waals surface area contributed by atoms with Gasteiger partial charge in [-0.3, -0.25) is 0 Å². The van der Waals surface area contributed by atoms with E-state index in [0.717, 1.165) is 16.7 Å². The number of hydrogen-bond acceptors (Lipinski definition) is 2. The summed E-state index contributed by atoms with van der Waals surface area (Å²) in [5.74, 6) is -1.00. The number of aryl methyl sites for hydroxylation is 1. The van der Waals surface area contributed by atoms with Gasteiger partial charge in [0.15, 0.2) is 0 Å². The second-order valence-electron chi connectivity index (χ2n) is 3.86. The molecule has 0 bridgehead atoms. The standard InChI is InChI=1S/C14H12O3/c1-9-2-7-12(15)8-13(9)10-3-5-11(6-4-10)14(16)17/h2-8,15H,1H3,(H,16,17)/p-1. The van der Waals surface area contributed by atoms with E-state index in [1.54, 1.807) is 24.3 Å². The summed E-state index contributed by atoms with van der Waals surface area (Å²) in [5.41, 5.74) is 2.93. The van der Waals surface area contributed by atoms with Crippen LogP contribution in [0.5, 0.6) is 5.75 Å². The van der Waals surface area contributed by atoms with Crippen molar-refractivity contribution in [3.8, 4) is 16.9 Å². The molecule has 0 atom stereocenters. The molecule has 0 heterocycles. The number of aromatic carboxylic acids is 1. The summed E-state index contributed by atoms with van der Waals surface area (Å²) >= 11 is 0. The SMILES string of the molecule is Cc1ccc([O-])cc1-c1ccc(C(=O)O)cc1. The molecule has 1 N–H and O–H groups in total. The fourth-order valence-corrected chi connectivity index (χ4v) is 1.70. The molecule has 3 heteroatoms. The molecular formula is C14H11O3-. The van der Waals surface area contributed by atoms with Crippen LogP contribution in [0, 0.1) is 6.92 Å². The third-order valence-corrected chi connectivity index (χ3v) is 2.65. The Morgan fingerprint density at radius 1 is 1.12 bits per heavy atom. The summed E-state index contributed by atoms with van der Waals surface area (Å²) in [7, 11) is 0. The molecule has 17 heavy (non-hydrogen) atoms. The molecule has 0 saturated carbocycles. The van der Waals surface area contributed by atoms with Crippen LogP contribution in [-0.4, -0.2) is 11.1 Å². The maximum absolute atomic E-state index is 11.3. The zero-order chi connectivity index (χ0) is 12.4. The molecule has 0 aliphatic rings. The minimum atomic E-state index is -0.953. The first kappa shape index (κ1) is 11.2. The quantitative estimate of drug-likeness (QED) is 0.857. The van der Waals surface area contributed by atoms with Crippen LogP contribution < -0.4 is 5.11 Å². The van der Waals surface area contributed by atoms with Crippen molar-refractivity contribution >= 4 is 5.97 Å². The summed E-state index contributed by atoms with van der Waals surface area (Å²) in [5, 5.41) is 20.1. The van der Waals surface area contributed by atoms with Gasteiger partial charge in [0, 0.05) is 0 Å². The number of carbonyl (C=O) groups is 1. The Balaban J connectivity index is 2.46. The van der Waals surface area contributed by atoms with Crippen LogP contribution in [-0.2, 0) is 0 Å². The first-order chi connectivity index (χ1) is 8.08. The molecule has 0 spiro atoms. The molecule has 2 rings (SSSR count). The first-order valence-corrected chi connectivity index (χ1v) is 5.19. The Labute approximate surface area is 99.0 Å². The minimum Gasteiger partial charge on any atom is -0.872 e.